The van der Waals surface area contributed by atoms with Crippen LogP contribution in [0, 0.1) is 0 Å². The molecule has 0 saturated carbocycles. The van der Waals surface area contributed by atoms with E-state index in [1.54, 1.807) is 57.7 Å². The molecular formula is C25H29N5O4S. The molecule has 2 amide bonds. The molecule has 2 heterocycles. The highest BCUT2D eigenvalue weighted by Crippen LogP contribution is 2.23. The van der Waals surface area contributed by atoms with Gasteiger partial charge in [0.15, 0.2) is 0 Å². The van der Waals surface area contributed by atoms with Crippen LogP contribution in [0.4, 0.5) is 0 Å². The van der Waals surface area contributed by atoms with Crippen LogP contribution in [0.1, 0.15) is 54.5 Å². The van der Waals surface area contributed by atoms with Crippen LogP contribution >= 0.6 is 11.3 Å². The molecule has 0 fully saturated rings. The third-order valence-corrected chi connectivity index (χ3v) is 5.63. The molecule has 3 rings (SSSR count). The van der Waals surface area contributed by atoms with Crippen LogP contribution in [0.25, 0.3) is 11.6 Å². The number of nitrogens with zero attached hydrogens (tertiary/aromatic N) is 3. The zero-order chi connectivity index (χ0) is 25.4. The average Bonchev–Trinajstić information content (AvgIpc) is 3.49. The second kappa shape index (κ2) is 11.6. The number of imidazole rings is 1. The van der Waals surface area contributed by atoms with Crippen LogP contribution in [0.2, 0.25) is 0 Å². The quantitative estimate of drug-likeness (QED) is 0.415. The number of hydrogen-bond donors (Lipinski definition) is 2. The lowest BCUT2D eigenvalue weighted by Gasteiger charge is -2.24. The van der Waals surface area contributed by atoms with Crippen LogP contribution in [-0.2, 0) is 20.9 Å². The van der Waals surface area contributed by atoms with Crippen molar-refractivity contribution in [1.82, 2.24) is 19.9 Å². The van der Waals surface area contributed by atoms with Crippen LogP contribution < -0.4 is 11.1 Å². The first-order chi connectivity index (χ1) is 16.6. The highest BCUT2D eigenvalue weighted by Gasteiger charge is 2.27. The van der Waals surface area contributed by atoms with Gasteiger partial charge >= 0.3 is 5.97 Å². The summed E-state index contributed by atoms with van der Waals surface area (Å²) in [6.45, 7) is 5.77. The minimum Gasteiger partial charge on any atom is -0.458 e. The molecule has 184 valence electrons. The van der Waals surface area contributed by atoms with Gasteiger partial charge in [-0.3, -0.25) is 9.59 Å². The van der Waals surface area contributed by atoms with E-state index in [9.17, 15) is 14.4 Å². The molecule has 0 aliphatic carbocycles. The molecule has 0 saturated heterocycles. The van der Waals surface area contributed by atoms with Gasteiger partial charge in [-0.15, -0.1) is 11.3 Å². The van der Waals surface area contributed by atoms with Gasteiger partial charge in [0.1, 0.15) is 16.7 Å². The molecule has 35 heavy (non-hydrogen) atoms. The fourth-order valence-electron chi connectivity index (χ4n) is 3.25. The van der Waals surface area contributed by atoms with Gasteiger partial charge in [0.05, 0.1) is 12.9 Å². The van der Waals surface area contributed by atoms with Crippen molar-refractivity contribution in [3.8, 4) is 0 Å². The molecule has 0 aliphatic rings. The molecule has 0 aliphatic heterocycles. The Morgan fingerprint density at radius 3 is 2.69 bits per heavy atom. The number of thiazole rings is 1. The molecule has 9 nitrogen and oxygen atoms in total. The fraction of sp³-hybridized carbons (Fsp3) is 0.320. The molecule has 1 aromatic carbocycles. The van der Waals surface area contributed by atoms with Crippen LogP contribution in [-0.4, -0.2) is 44.0 Å². The Balaban J connectivity index is 1.81. The standard InChI is InChI=1S/C25H29N5O4S/c1-25(2,3)34-24(33)20(7-8-21(26)31)29-22(32)18-6-4-5-17(13-18)14-19(23-28-10-12-35-23)15-30-11-9-27-16-30/h4-6,9-14,16,20H,7-8,15H2,1-3H3,(H2,26,31)(H,29,32)/b19-14-/t20-/m0/s1. The summed E-state index contributed by atoms with van der Waals surface area (Å²) < 4.78 is 7.35. The molecule has 2 aromatic heterocycles. The summed E-state index contributed by atoms with van der Waals surface area (Å²) >= 11 is 1.52. The summed E-state index contributed by atoms with van der Waals surface area (Å²) in [5, 5.41) is 5.46. The van der Waals surface area contributed by atoms with Crippen molar-refractivity contribution in [1.29, 1.82) is 0 Å². The third-order valence-electron chi connectivity index (χ3n) is 4.78. The Morgan fingerprint density at radius 1 is 1.26 bits per heavy atom. The van der Waals surface area contributed by atoms with E-state index in [0.29, 0.717) is 12.1 Å². The number of carbonyl (C=O) groups is 3. The minimum absolute atomic E-state index is 0.0503. The van der Waals surface area contributed by atoms with E-state index in [0.717, 1.165) is 16.1 Å². The van der Waals surface area contributed by atoms with Crippen molar-refractivity contribution < 1.29 is 19.1 Å². The van der Waals surface area contributed by atoms with Gasteiger partial charge in [0.25, 0.3) is 5.91 Å². The second-order valence-corrected chi connectivity index (χ2v) is 9.83. The van der Waals surface area contributed by atoms with Gasteiger partial charge in [0.2, 0.25) is 5.91 Å². The maximum atomic E-state index is 13.0. The van der Waals surface area contributed by atoms with Gasteiger partial charge in [0, 0.05) is 41.5 Å². The number of hydrogen-bond acceptors (Lipinski definition) is 7. The molecule has 3 aromatic rings. The number of aromatic nitrogens is 3. The number of benzene rings is 1. The lowest BCUT2D eigenvalue weighted by atomic mass is 10.1. The SMILES string of the molecule is CC(C)(C)OC(=O)[C@H](CCC(N)=O)NC(=O)c1cccc(/C=C(/Cn2ccnc2)c2nccs2)c1. The fourth-order valence-corrected chi connectivity index (χ4v) is 3.90. The predicted octanol–water partition coefficient (Wildman–Crippen LogP) is 3.29. The zero-order valence-corrected chi connectivity index (χ0v) is 20.7. The third kappa shape index (κ3) is 8.18. The van der Waals surface area contributed by atoms with Crippen molar-refractivity contribution >= 4 is 40.8 Å². The summed E-state index contributed by atoms with van der Waals surface area (Å²) in [7, 11) is 0. The van der Waals surface area contributed by atoms with E-state index in [4.69, 9.17) is 10.5 Å². The summed E-state index contributed by atoms with van der Waals surface area (Å²) in [4.78, 5) is 45.4. The van der Waals surface area contributed by atoms with Crippen molar-refractivity contribution in [2.45, 2.75) is 51.8 Å². The van der Waals surface area contributed by atoms with E-state index in [1.165, 1.54) is 11.3 Å². The van der Waals surface area contributed by atoms with E-state index in [-0.39, 0.29) is 12.8 Å². The van der Waals surface area contributed by atoms with Gasteiger partial charge in [-0.2, -0.15) is 0 Å². The number of primary amides is 1. The zero-order valence-electron chi connectivity index (χ0n) is 19.9. The molecule has 0 radical (unpaired) electrons. The van der Waals surface area contributed by atoms with Crippen molar-refractivity contribution in [2.75, 3.05) is 0 Å². The molecule has 3 N–H and O–H groups in total. The Hall–Kier alpha value is -3.79. The summed E-state index contributed by atoms with van der Waals surface area (Å²) in [5.74, 6) is -1.63. The monoisotopic (exact) mass is 495 g/mol. The summed E-state index contributed by atoms with van der Waals surface area (Å²) in [6.07, 6.45) is 9.02. The first kappa shape index (κ1) is 25.8. The maximum Gasteiger partial charge on any atom is 0.329 e. The molecule has 10 heteroatoms. The van der Waals surface area contributed by atoms with E-state index < -0.39 is 29.4 Å². The Labute approximate surface area is 208 Å². The molecule has 0 spiro atoms. The highest BCUT2D eigenvalue weighted by molar-refractivity contribution is 7.10. The number of rotatable bonds is 10. The van der Waals surface area contributed by atoms with Crippen LogP contribution in [0.5, 0.6) is 0 Å². The van der Waals surface area contributed by atoms with Gasteiger partial charge in [-0.1, -0.05) is 12.1 Å². The molecular weight excluding hydrogens is 466 g/mol. The first-order valence-corrected chi connectivity index (χ1v) is 12.0. The van der Waals surface area contributed by atoms with Crippen molar-refractivity contribution in [2.24, 2.45) is 5.73 Å². The highest BCUT2D eigenvalue weighted by atomic mass is 32.1. The normalized spacial score (nSPS) is 12.7. The molecule has 0 unspecified atom stereocenters. The van der Waals surface area contributed by atoms with Crippen LogP contribution in [0.15, 0.2) is 54.6 Å². The molecule has 0 bridgehead atoms. The summed E-state index contributed by atoms with van der Waals surface area (Å²) in [6, 6.07) is 6.05. The van der Waals surface area contributed by atoms with E-state index in [2.05, 4.69) is 15.3 Å². The predicted molar refractivity (Wildman–Crippen MR) is 134 cm³/mol. The topological polar surface area (TPSA) is 129 Å². The van der Waals surface area contributed by atoms with Gasteiger partial charge in [-0.05, 0) is 51.0 Å². The number of amides is 2. The maximum absolute atomic E-state index is 13.0. The number of nitrogens with two attached hydrogens (primary N) is 1. The number of ether oxygens (including phenoxy) is 1. The summed E-state index contributed by atoms with van der Waals surface area (Å²) in [5.41, 5.74) is 6.64. The lowest BCUT2D eigenvalue weighted by molar-refractivity contribution is -0.157. The largest absolute Gasteiger partial charge is 0.458 e. The minimum atomic E-state index is -0.999. The Bertz CT molecular complexity index is 1180. The number of esters is 1. The number of nitrogens with one attached hydrogen (secondary N) is 1. The number of allylic oxidation sites excluding steroid dienone is 1. The van der Waals surface area contributed by atoms with Crippen molar-refractivity contribution in [3.63, 3.8) is 0 Å². The second-order valence-electron chi connectivity index (χ2n) is 8.93. The lowest BCUT2D eigenvalue weighted by Crippen LogP contribution is -2.44. The van der Waals surface area contributed by atoms with Gasteiger partial charge < -0.3 is 20.4 Å². The van der Waals surface area contributed by atoms with Crippen LogP contribution in [0.3, 0.4) is 0 Å². The van der Waals surface area contributed by atoms with Gasteiger partial charge in [-0.25, -0.2) is 14.8 Å². The number of carbonyl (C=O) groups excluding carboxylic acids is 3. The average molecular weight is 496 g/mol. The Morgan fingerprint density at radius 2 is 2.06 bits per heavy atom. The van der Waals surface area contributed by atoms with E-state index >= 15 is 0 Å². The smallest absolute Gasteiger partial charge is 0.329 e. The van der Waals surface area contributed by atoms with Crippen molar-refractivity contribution in [3.05, 3.63) is 70.7 Å². The molecule has 1 atom stereocenters. The Kier molecular flexibility index (Phi) is 8.53. The van der Waals surface area contributed by atoms with E-state index in [1.807, 2.05) is 28.3 Å². The first-order valence-electron chi connectivity index (χ1n) is 11.1.